The lowest BCUT2D eigenvalue weighted by molar-refractivity contribution is -0.133. The van der Waals surface area contributed by atoms with E-state index in [1.807, 2.05) is 29.5 Å². The van der Waals surface area contributed by atoms with Crippen LogP contribution in [0.5, 0.6) is 0 Å². The van der Waals surface area contributed by atoms with Gasteiger partial charge in [0.2, 0.25) is 5.91 Å². The number of hydrogen-bond donors (Lipinski definition) is 0. The van der Waals surface area contributed by atoms with Gasteiger partial charge in [0, 0.05) is 18.8 Å². The van der Waals surface area contributed by atoms with E-state index in [9.17, 15) is 4.79 Å². The van der Waals surface area contributed by atoms with Crippen molar-refractivity contribution in [1.82, 2.24) is 14.7 Å². The number of likely N-dealkylation sites (tertiary alicyclic amines) is 1. The maximum absolute atomic E-state index is 12.7. The van der Waals surface area contributed by atoms with Crippen LogP contribution < -0.4 is 0 Å². The molecule has 0 unspecified atom stereocenters. The minimum atomic E-state index is 0.168. The van der Waals surface area contributed by atoms with Gasteiger partial charge in [0.1, 0.15) is 6.54 Å². The van der Waals surface area contributed by atoms with Crippen LogP contribution in [0.1, 0.15) is 35.7 Å². The predicted octanol–water partition coefficient (Wildman–Crippen LogP) is 4.57. The number of rotatable bonds is 4. The second-order valence-corrected chi connectivity index (χ2v) is 7.69. The molecule has 0 atom stereocenters. The van der Waals surface area contributed by atoms with Crippen molar-refractivity contribution in [3.63, 3.8) is 0 Å². The number of piperidine rings is 1. The monoisotopic (exact) mass is 373 g/mol. The van der Waals surface area contributed by atoms with E-state index < -0.39 is 0 Å². The third-order valence-corrected chi connectivity index (χ3v) is 5.72. The smallest absolute Gasteiger partial charge is 0.244 e. The fourth-order valence-electron chi connectivity index (χ4n) is 4.24. The highest BCUT2D eigenvalue weighted by molar-refractivity contribution is 5.76. The Bertz CT molecular complexity index is 953. The molecule has 1 saturated heterocycles. The largest absolute Gasteiger partial charge is 0.341 e. The zero-order valence-corrected chi connectivity index (χ0v) is 16.6. The Morgan fingerprint density at radius 3 is 2.36 bits per heavy atom. The van der Waals surface area contributed by atoms with Crippen molar-refractivity contribution in [3.05, 3.63) is 77.6 Å². The van der Waals surface area contributed by atoms with E-state index in [2.05, 4.69) is 59.7 Å². The van der Waals surface area contributed by atoms with Crippen molar-refractivity contribution < 1.29 is 4.79 Å². The summed E-state index contributed by atoms with van der Waals surface area (Å²) in [6.07, 6.45) is 2.01. The molecule has 4 nitrogen and oxygen atoms in total. The molecule has 0 aliphatic carbocycles. The summed E-state index contributed by atoms with van der Waals surface area (Å²) in [7, 11) is 0. The second-order valence-electron chi connectivity index (χ2n) is 7.69. The van der Waals surface area contributed by atoms with Gasteiger partial charge in [-0.1, -0.05) is 54.6 Å². The van der Waals surface area contributed by atoms with Gasteiger partial charge in [-0.25, -0.2) is 0 Å². The summed E-state index contributed by atoms with van der Waals surface area (Å²) in [5, 5.41) is 4.42. The minimum Gasteiger partial charge on any atom is -0.341 e. The summed E-state index contributed by atoms with van der Waals surface area (Å²) < 4.78 is 1.81. The van der Waals surface area contributed by atoms with Gasteiger partial charge in [-0.3, -0.25) is 9.48 Å². The van der Waals surface area contributed by atoms with Gasteiger partial charge >= 0.3 is 0 Å². The van der Waals surface area contributed by atoms with Crippen molar-refractivity contribution in [2.75, 3.05) is 13.1 Å². The highest BCUT2D eigenvalue weighted by Crippen LogP contribution is 2.35. The molecule has 1 fully saturated rings. The van der Waals surface area contributed by atoms with Crippen LogP contribution in [0.3, 0.4) is 0 Å². The van der Waals surface area contributed by atoms with Gasteiger partial charge in [-0.15, -0.1) is 0 Å². The van der Waals surface area contributed by atoms with E-state index in [0.29, 0.717) is 12.5 Å². The molecule has 3 aromatic rings. The molecule has 0 bridgehead atoms. The molecular formula is C24H27N3O. The Labute approximate surface area is 166 Å². The molecule has 4 rings (SSSR count). The summed E-state index contributed by atoms with van der Waals surface area (Å²) in [4.78, 5) is 14.7. The Balaban J connectivity index is 1.44. The topological polar surface area (TPSA) is 38.1 Å². The van der Waals surface area contributed by atoms with Crippen LogP contribution >= 0.6 is 0 Å². The Morgan fingerprint density at radius 2 is 1.68 bits per heavy atom. The number of carbonyl (C=O) groups excluding carboxylic acids is 1. The molecule has 1 aromatic heterocycles. The summed E-state index contributed by atoms with van der Waals surface area (Å²) in [6, 6.07) is 21.3. The molecule has 2 aromatic carbocycles. The lowest BCUT2D eigenvalue weighted by atomic mass is 9.84. The van der Waals surface area contributed by atoms with E-state index >= 15 is 0 Å². The van der Waals surface area contributed by atoms with Gasteiger partial charge < -0.3 is 4.90 Å². The first-order valence-corrected chi connectivity index (χ1v) is 10.0. The summed E-state index contributed by atoms with van der Waals surface area (Å²) >= 11 is 0. The first-order valence-electron chi connectivity index (χ1n) is 10.0. The lowest BCUT2D eigenvalue weighted by Crippen LogP contribution is -2.40. The molecule has 0 saturated carbocycles. The molecule has 0 spiro atoms. The summed E-state index contributed by atoms with van der Waals surface area (Å²) in [5.41, 5.74) is 5.98. The van der Waals surface area contributed by atoms with Crippen LogP contribution in [0, 0.1) is 13.8 Å². The van der Waals surface area contributed by atoms with Crippen molar-refractivity contribution in [3.8, 4) is 11.1 Å². The van der Waals surface area contributed by atoms with Gasteiger partial charge in [0.25, 0.3) is 0 Å². The normalized spacial score (nSPS) is 15.0. The average Bonchev–Trinajstić information content (AvgIpc) is 3.05. The van der Waals surface area contributed by atoms with Crippen LogP contribution in [-0.2, 0) is 11.3 Å². The number of aryl methyl sites for hydroxylation is 2. The van der Waals surface area contributed by atoms with E-state index in [0.717, 1.165) is 37.3 Å². The number of hydrogen-bond acceptors (Lipinski definition) is 2. The third-order valence-electron chi connectivity index (χ3n) is 5.72. The van der Waals surface area contributed by atoms with E-state index in [1.165, 1.54) is 16.7 Å². The number of carbonyl (C=O) groups is 1. The standard InChI is InChI=1S/C24H27N3O/c1-18-16-19(2)27(25-18)17-24(28)26-14-12-21(13-15-26)23-11-7-6-10-22(23)20-8-4-3-5-9-20/h3-11,16,21H,12-15,17H2,1-2H3. The van der Waals surface area contributed by atoms with Crippen LogP contribution in [0.4, 0.5) is 0 Å². The number of benzene rings is 2. The third kappa shape index (κ3) is 3.86. The van der Waals surface area contributed by atoms with Crippen molar-refractivity contribution in [2.45, 2.75) is 39.2 Å². The number of aromatic nitrogens is 2. The molecule has 0 radical (unpaired) electrons. The highest BCUT2D eigenvalue weighted by atomic mass is 16.2. The molecule has 28 heavy (non-hydrogen) atoms. The van der Waals surface area contributed by atoms with E-state index in [4.69, 9.17) is 0 Å². The van der Waals surface area contributed by atoms with Crippen LogP contribution in [0.25, 0.3) is 11.1 Å². The Morgan fingerprint density at radius 1 is 1.00 bits per heavy atom. The minimum absolute atomic E-state index is 0.168. The molecule has 4 heteroatoms. The van der Waals surface area contributed by atoms with Gasteiger partial charge in [0.05, 0.1) is 5.69 Å². The Hall–Kier alpha value is -2.88. The van der Waals surface area contributed by atoms with Gasteiger partial charge in [-0.05, 0) is 55.4 Å². The molecule has 1 aliphatic rings. The van der Waals surface area contributed by atoms with Crippen molar-refractivity contribution in [1.29, 1.82) is 0 Å². The van der Waals surface area contributed by atoms with Crippen molar-refractivity contribution in [2.24, 2.45) is 0 Å². The van der Waals surface area contributed by atoms with Crippen molar-refractivity contribution >= 4 is 5.91 Å². The maximum atomic E-state index is 12.7. The maximum Gasteiger partial charge on any atom is 0.244 e. The number of nitrogens with zero attached hydrogens (tertiary/aromatic N) is 3. The summed E-state index contributed by atoms with van der Waals surface area (Å²) in [5.74, 6) is 0.662. The second kappa shape index (κ2) is 8.01. The zero-order valence-electron chi connectivity index (χ0n) is 16.6. The van der Waals surface area contributed by atoms with Crippen LogP contribution in [0.2, 0.25) is 0 Å². The summed E-state index contributed by atoms with van der Waals surface area (Å²) in [6.45, 7) is 5.92. The molecule has 1 aliphatic heterocycles. The first kappa shape index (κ1) is 18.5. The number of amides is 1. The quantitative estimate of drug-likeness (QED) is 0.672. The Kier molecular flexibility index (Phi) is 5.29. The van der Waals surface area contributed by atoms with Gasteiger partial charge in [-0.2, -0.15) is 5.10 Å². The fourth-order valence-corrected chi connectivity index (χ4v) is 4.24. The fraction of sp³-hybridized carbons (Fsp3) is 0.333. The SMILES string of the molecule is Cc1cc(C)n(CC(=O)N2CCC(c3ccccc3-c3ccccc3)CC2)n1. The molecule has 1 amide bonds. The molecule has 144 valence electrons. The predicted molar refractivity (Wildman–Crippen MR) is 112 cm³/mol. The first-order chi connectivity index (χ1) is 13.6. The van der Waals surface area contributed by atoms with E-state index in [1.54, 1.807) is 0 Å². The average molecular weight is 374 g/mol. The van der Waals surface area contributed by atoms with Gasteiger partial charge in [0.15, 0.2) is 0 Å². The lowest BCUT2D eigenvalue weighted by Gasteiger charge is -2.33. The molecule has 0 N–H and O–H groups in total. The molecule has 2 heterocycles. The highest BCUT2D eigenvalue weighted by Gasteiger charge is 2.25. The van der Waals surface area contributed by atoms with Crippen LogP contribution in [0.15, 0.2) is 60.7 Å². The van der Waals surface area contributed by atoms with Crippen LogP contribution in [-0.4, -0.2) is 33.7 Å². The van der Waals surface area contributed by atoms with E-state index in [-0.39, 0.29) is 5.91 Å². The molecular weight excluding hydrogens is 346 g/mol. The zero-order chi connectivity index (χ0) is 19.5.